The van der Waals surface area contributed by atoms with Crippen molar-refractivity contribution in [1.82, 2.24) is 5.32 Å². The van der Waals surface area contributed by atoms with Crippen molar-refractivity contribution in [2.75, 3.05) is 11.9 Å². The van der Waals surface area contributed by atoms with Crippen LogP contribution in [0, 0.1) is 5.82 Å². The van der Waals surface area contributed by atoms with Gasteiger partial charge in [-0.05, 0) is 37.1 Å². The van der Waals surface area contributed by atoms with Gasteiger partial charge < -0.3 is 15.7 Å². The van der Waals surface area contributed by atoms with Crippen LogP contribution in [0.5, 0.6) is 0 Å². The second-order valence-electron chi connectivity index (χ2n) is 4.25. The van der Waals surface area contributed by atoms with Gasteiger partial charge in [0.2, 0.25) is 0 Å². The quantitative estimate of drug-likeness (QED) is 0.756. The first-order valence-electron chi connectivity index (χ1n) is 6.02. The molecule has 5 heteroatoms. The standard InChI is InChI=1S/C13H19FN2O2/c1-3-13(18,4-2)9-15-12(17)16-11-7-5-10(14)6-8-11/h5-8,18H,3-4,9H2,1-2H3,(H2,15,16,17). The normalized spacial score (nSPS) is 11.1. The van der Waals surface area contributed by atoms with Crippen molar-refractivity contribution in [3.8, 4) is 0 Å². The minimum atomic E-state index is -0.875. The number of amides is 2. The minimum Gasteiger partial charge on any atom is -0.388 e. The summed E-state index contributed by atoms with van der Waals surface area (Å²) in [4.78, 5) is 11.5. The maximum Gasteiger partial charge on any atom is 0.319 e. The van der Waals surface area contributed by atoms with E-state index in [1.807, 2.05) is 13.8 Å². The average Bonchev–Trinajstić information content (AvgIpc) is 2.39. The predicted octanol–water partition coefficient (Wildman–Crippen LogP) is 2.50. The van der Waals surface area contributed by atoms with Crippen LogP contribution in [0.1, 0.15) is 26.7 Å². The first-order chi connectivity index (χ1) is 8.49. The zero-order chi connectivity index (χ0) is 13.6. The number of aliphatic hydroxyl groups is 1. The molecule has 0 aromatic heterocycles. The van der Waals surface area contributed by atoms with Crippen molar-refractivity contribution in [2.24, 2.45) is 0 Å². The Labute approximate surface area is 106 Å². The molecule has 1 aromatic rings. The number of carbonyl (C=O) groups is 1. The fourth-order valence-electron chi connectivity index (χ4n) is 1.45. The number of carbonyl (C=O) groups excluding carboxylic acids is 1. The van der Waals surface area contributed by atoms with Crippen molar-refractivity contribution in [3.05, 3.63) is 30.1 Å². The van der Waals surface area contributed by atoms with Gasteiger partial charge in [-0.2, -0.15) is 0 Å². The van der Waals surface area contributed by atoms with Crippen LogP contribution >= 0.6 is 0 Å². The smallest absolute Gasteiger partial charge is 0.319 e. The Kier molecular flexibility index (Phi) is 5.09. The number of benzene rings is 1. The summed E-state index contributed by atoms with van der Waals surface area (Å²) in [7, 11) is 0. The Bertz CT molecular complexity index is 388. The van der Waals surface area contributed by atoms with Crippen molar-refractivity contribution in [1.29, 1.82) is 0 Å². The number of anilines is 1. The molecule has 0 unspecified atom stereocenters. The van der Waals surface area contributed by atoms with Crippen molar-refractivity contribution < 1.29 is 14.3 Å². The fraction of sp³-hybridized carbons (Fsp3) is 0.462. The monoisotopic (exact) mass is 254 g/mol. The summed E-state index contributed by atoms with van der Waals surface area (Å²) in [5.41, 5.74) is -0.370. The molecular weight excluding hydrogens is 235 g/mol. The highest BCUT2D eigenvalue weighted by Gasteiger charge is 2.22. The topological polar surface area (TPSA) is 61.4 Å². The Morgan fingerprint density at radius 1 is 1.28 bits per heavy atom. The summed E-state index contributed by atoms with van der Waals surface area (Å²) in [6.45, 7) is 3.92. The predicted molar refractivity (Wildman–Crippen MR) is 69.0 cm³/mol. The van der Waals surface area contributed by atoms with Crippen LogP contribution in [0.4, 0.5) is 14.9 Å². The van der Waals surface area contributed by atoms with E-state index in [0.717, 1.165) is 0 Å². The van der Waals surface area contributed by atoms with Crippen LogP contribution < -0.4 is 10.6 Å². The van der Waals surface area contributed by atoms with E-state index >= 15 is 0 Å². The van der Waals surface area contributed by atoms with Crippen LogP contribution in [0.2, 0.25) is 0 Å². The first kappa shape index (κ1) is 14.4. The van der Waals surface area contributed by atoms with Crippen molar-refractivity contribution >= 4 is 11.7 Å². The lowest BCUT2D eigenvalue weighted by molar-refractivity contribution is 0.0354. The van der Waals surface area contributed by atoms with Crippen LogP contribution in [-0.2, 0) is 0 Å². The van der Waals surface area contributed by atoms with E-state index < -0.39 is 11.6 Å². The summed E-state index contributed by atoms with van der Waals surface area (Å²) < 4.78 is 12.7. The number of urea groups is 1. The minimum absolute atomic E-state index is 0.188. The highest BCUT2D eigenvalue weighted by atomic mass is 19.1. The molecule has 0 saturated carbocycles. The lowest BCUT2D eigenvalue weighted by atomic mass is 9.98. The second kappa shape index (κ2) is 6.35. The van der Waals surface area contributed by atoms with Crippen LogP contribution in [0.3, 0.4) is 0 Å². The third-order valence-electron chi connectivity index (χ3n) is 3.00. The van der Waals surface area contributed by atoms with E-state index in [1.165, 1.54) is 24.3 Å². The van der Waals surface area contributed by atoms with Gasteiger partial charge in [0.05, 0.1) is 5.60 Å². The average molecular weight is 254 g/mol. The fourth-order valence-corrected chi connectivity index (χ4v) is 1.45. The third-order valence-corrected chi connectivity index (χ3v) is 3.00. The highest BCUT2D eigenvalue weighted by molar-refractivity contribution is 5.89. The van der Waals surface area contributed by atoms with Gasteiger partial charge in [-0.25, -0.2) is 9.18 Å². The molecule has 2 amide bonds. The molecule has 1 aromatic carbocycles. The largest absolute Gasteiger partial charge is 0.388 e. The molecule has 0 saturated heterocycles. The number of nitrogens with one attached hydrogen (secondary N) is 2. The van der Waals surface area contributed by atoms with Gasteiger partial charge in [-0.15, -0.1) is 0 Å². The number of hydrogen-bond acceptors (Lipinski definition) is 2. The van der Waals surface area contributed by atoms with E-state index in [0.29, 0.717) is 18.5 Å². The Balaban J connectivity index is 2.45. The molecule has 100 valence electrons. The highest BCUT2D eigenvalue weighted by Crippen LogP contribution is 2.13. The van der Waals surface area contributed by atoms with Gasteiger partial charge in [0.15, 0.2) is 0 Å². The molecule has 0 heterocycles. The molecule has 0 atom stereocenters. The summed E-state index contributed by atoms with van der Waals surface area (Å²) in [6.07, 6.45) is 1.14. The van der Waals surface area contributed by atoms with Gasteiger partial charge in [0, 0.05) is 12.2 Å². The van der Waals surface area contributed by atoms with Gasteiger partial charge in [0.25, 0.3) is 0 Å². The molecule has 0 aliphatic rings. The molecular formula is C13H19FN2O2. The third kappa shape index (κ3) is 4.33. The molecule has 18 heavy (non-hydrogen) atoms. The molecule has 0 spiro atoms. The molecule has 4 nitrogen and oxygen atoms in total. The summed E-state index contributed by atoms with van der Waals surface area (Å²) in [5, 5.41) is 15.1. The maximum absolute atomic E-state index is 12.7. The maximum atomic E-state index is 12.7. The zero-order valence-electron chi connectivity index (χ0n) is 10.7. The molecule has 1 rings (SSSR count). The van der Waals surface area contributed by atoms with Crippen LogP contribution in [0.15, 0.2) is 24.3 Å². The van der Waals surface area contributed by atoms with Crippen LogP contribution in [0.25, 0.3) is 0 Å². The number of hydrogen-bond donors (Lipinski definition) is 3. The van der Waals surface area contributed by atoms with Crippen LogP contribution in [-0.4, -0.2) is 23.3 Å². The van der Waals surface area contributed by atoms with E-state index in [4.69, 9.17) is 0 Å². The van der Waals surface area contributed by atoms with E-state index in [9.17, 15) is 14.3 Å². The molecule has 0 aliphatic carbocycles. The Morgan fingerprint density at radius 2 is 1.83 bits per heavy atom. The lowest BCUT2D eigenvalue weighted by Gasteiger charge is -2.25. The number of halogens is 1. The molecule has 0 radical (unpaired) electrons. The Morgan fingerprint density at radius 3 is 2.33 bits per heavy atom. The zero-order valence-corrected chi connectivity index (χ0v) is 10.7. The van der Waals surface area contributed by atoms with Crippen molar-refractivity contribution in [3.63, 3.8) is 0 Å². The summed E-state index contributed by atoms with van der Waals surface area (Å²) in [6, 6.07) is 5.07. The molecule has 3 N–H and O–H groups in total. The van der Waals surface area contributed by atoms with Gasteiger partial charge in [0.1, 0.15) is 5.82 Å². The molecule has 0 aliphatic heterocycles. The number of rotatable bonds is 5. The van der Waals surface area contributed by atoms with E-state index in [-0.39, 0.29) is 12.4 Å². The van der Waals surface area contributed by atoms with Gasteiger partial charge >= 0.3 is 6.03 Å². The summed E-state index contributed by atoms with van der Waals surface area (Å²) >= 11 is 0. The van der Waals surface area contributed by atoms with E-state index in [1.54, 1.807) is 0 Å². The molecule has 0 bridgehead atoms. The van der Waals surface area contributed by atoms with Gasteiger partial charge in [-0.3, -0.25) is 0 Å². The van der Waals surface area contributed by atoms with Crippen molar-refractivity contribution in [2.45, 2.75) is 32.3 Å². The Hall–Kier alpha value is -1.62. The van der Waals surface area contributed by atoms with E-state index in [2.05, 4.69) is 10.6 Å². The summed E-state index contributed by atoms with van der Waals surface area (Å²) in [5.74, 6) is -0.354. The lowest BCUT2D eigenvalue weighted by Crippen LogP contribution is -2.43. The molecule has 0 fully saturated rings. The SMILES string of the molecule is CCC(O)(CC)CNC(=O)Nc1ccc(F)cc1. The second-order valence-corrected chi connectivity index (χ2v) is 4.25. The first-order valence-corrected chi connectivity index (χ1v) is 6.02. The van der Waals surface area contributed by atoms with Gasteiger partial charge in [-0.1, -0.05) is 13.8 Å².